The number of hydrogen-bond donors (Lipinski definition) is 1. The third-order valence-corrected chi connectivity index (χ3v) is 9.68. The van der Waals surface area contributed by atoms with Crippen LogP contribution in [0.5, 0.6) is 0 Å². The van der Waals surface area contributed by atoms with Crippen molar-refractivity contribution < 1.29 is 24.2 Å². The van der Waals surface area contributed by atoms with Crippen LogP contribution in [0.1, 0.15) is 66.7 Å². The monoisotopic (exact) mass is 494 g/mol. The number of carbonyl (C=O) groups excluding carboxylic acids is 3. The maximum Gasteiger partial charge on any atom is 0.310 e. The largest absolute Gasteiger partial charge is 0.466 e. The Balaban J connectivity index is 2.09. The van der Waals surface area contributed by atoms with Gasteiger partial charge in [-0.25, -0.2) is 0 Å². The van der Waals surface area contributed by atoms with E-state index in [1.807, 2.05) is 25.7 Å². The Morgan fingerprint density at radius 3 is 2.62 bits per heavy atom. The molecule has 3 aliphatic rings. The van der Waals surface area contributed by atoms with E-state index in [1.165, 1.54) is 0 Å². The number of amides is 2. The summed E-state index contributed by atoms with van der Waals surface area (Å²) in [5.74, 6) is -1.47. The van der Waals surface area contributed by atoms with Gasteiger partial charge in [-0.05, 0) is 45.4 Å². The highest BCUT2D eigenvalue weighted by molar-refractivity contribution is 8.02. The first-order valence-corrected chi connectivity index (χ1v) is 13.7. The zero-order chi connectivity index (χ0) is 25.2. The lowest BCUT2D eigenvalue weighted by molar-refractivity contribution is -0.154. The summed E-state index contributed by atoms with van der Waals surface area (Å²) in [6.07, 6.45) is 5.63. The molecule has 0 radical (unpaired) electrons. The highest BCUT2D eigenvalue weighted by Crippen LogP contribution is 2.67. The molecule has 3 rings (SSSR count). The molecule has 0 aromatic carbocycles. The molecule has 3 saturated heterocycles. The molecular weight excluding hydrogens is 452 g/mol. The van der Waals surface area contributed by atoms with Crippen molar-refractivity contribution in [3.63, 3.8) is 0 Å². The van der Waals surface area contributed by atoms with Crippen LogP contribution in [0.4, 0.5) is 0 Å². The summed E-state index contributed by atoms with van der Waals surface area (Å²) in [4.78, 5) is 44.9. The summed E-state index contributed by atoms with van der Waals surface area (Å²) >= 11 is 1.64. The molecule has 192 valence electrons. The Kier molecular flexibility index (Phi) is 8.77. The maximum absolute atomic E-state index is 14.3. The minimum Gasteiger partial charge on any atom is -0.466 e. The molecule has 0 saturated carbocycles. The van der Waals surface area contributed by atoms with Gasteiger partial charge in [-0.1, -0.05) is 33.3 Å². The Bertz CT molecular complexity index is 789. The van der Waals surface area contributed by atoms with E-state index >= 15 is 0 Å². The third kappa shape index (κ3) is 4.52. The molecule has 3 fully saturated rings. The fraction of sp³-hybridized carbons (Fsp3) is 0.808. The normalized spacial score (nSPS) is 31.5. The van der Waals surface area contributed by atoms with Gasteiger partial charge in [0.2, 0.25) is 11.8 Å². The molecule has 3 aliphatic heterocycles. The summed E-state index contributed by atoms with van der Waals surface area (Å²) < 4.78 is 4.73. The smallest absolute Gasteiger partial charge is 0.310 e. The van der Waals surface area contributed by atoms with E-state index in [2.05, 4.69) is 13.5 Å². The summed E-state index contributed by atoms with van der Waals surface area (Å²) in [5.41, 5.74) is 0. The number of thioether (sulfide) groups is 1. The van der Waals surface area contributed by atoms with E-state index in [0.29, 0.717) is 19.4 Å². The molecule has 8 heteroatoms. The Labute approximate surface area is 208 Å². The second-order valence-corrected chi connectivity index (χ2v) is 12.0. The van der Waals surface area contributed by atoms with Gasteiger partial charge in [0.15, 0.2) is 0 Å². The van der Waals surface area contributed by atoms with Crippen molar-refractivity contribution in [3.8, 4) is 0 Å². The molecule has 1 N–H and O–H groups in total. The van der Waals surface area contributed by atoms with Crippen molar-refractivity contribution >= 4 is 29.5 Å². The second-order valence-electron chi connectivity index (χ2n) is 10.4. The van der Waals surface area contributed by atoms with Gasteiger partial charge in [-0.3, -0.25) is 14.4 Å². The number of nitrogens with zero attached hydrogens (tertiary/aromatic N) is 2. The predicted octanol–water partition coefficient (Wildman–Crippen LogP) is 3.25. The number of ether oxygens (including phenoxy) is 1. The van der Waals surface area contributed by atoms with Crippen LogP contribution in [0, 0.1) is 17.8 Å². The average molecular weight is 495 g/mol. The highest BCUT2D eigenvalue weighted by Gasteiger charge is 2.74. The lowest BCUT2D eigenvalue weighted by Gasteiger charge is -2.41. The number of aliphatic hydroxyl groups excluding tert-OH is 1. The number of fused-ring (bicyclic) bond motifs is 1. The molecule has 34 heavy (non-hydrogen) atoms. The molecule has 1 spiro atoms. The molecular formula is C26H42N2O5S. The zero-order valence-electron chi connectivity index (χ0n) is 21.4. The number of esters is 1. The summed E-state index contributed by atoms with van der Waals surface area (Å²) in [6.45, 7) is 14.3. The Morgan fingerprint density at radius 2 is 2.06 bits per heavy atom. The molecule has 0 aromatic rings. The number of hydrogen-bond acceptors (Lipinski definition) is 6. The fourth-order valence-corrected chi connectivity index (χ4v) is 8.63. The van der Waals surface area contributed by atoms with Gasteiger partial charge in [0.1, 0.15) is 6.04 Å². The number of rotatable bonds is 12. The van der Waals surface area contributed by atoms with Gasteiger partial charge in [0, 0.05) is 17.8 Å². The minimum atomic E-state index is -0.699. The van der Waals surface area contributed by atoms with E-state index in [0.717, 1.165) is 19.3 Å². The Hall–Kier alpha value is -1.54. The summed E-state index contributed by atoms with van der Waals surface area (Å²) in [6, 6.07) is -1.16. The maximum atomic E-state index is 14.3. The van der Waals surface area contributed by atoms with Gasteiger partial charge >= 0.3 is 5.97 Å². The SMILES string of the molecule is C=CCN(C(=O)C1N([C@@H](CO)CC(C)C)C(=O)[C@@H]2[C@H](C(=O)OCC)[C@@H]3CCC12S3)C(C)CCC. The van der Waals surface area contributed by atoms with Crippen molar-refractivity contribution in [3.05, 3.63) is 12.7 Å². The van der Waals surface area contributed by atoms with Crippen LogP contribution in [-0.2, 0) is 19.1 Å². The van der Waals surface area contributed by atoms with E-state index in [1.54, 1.807) is 29.7 Å². The summed E-state index contributed by atoms with van der Waals surface area (Å²) in [7, 11) is 0. The first-order chi connectivity index (χ1) is 16.2. The summed E-state index contributed by atoms with van der Waals surface area (Å²) in [5, 5.41) is 10.3. The molecule has 7 atom stereocenters. The van der Waals surface area contributed by atoms with Crippen molar-refractivity contribution in [1.82, 2.24) is 9.80 Å². The van der Waals surface area contributed by atoms with E-state index in [4.69, 9.17) is 4.74 Å². The van der Waals surface area contributed by atoms with Crippen molar-refractivity contribution in [1.29, 1.82) is 0 Å². The highest BCUT2D eigenvalue weighted by atomic mass is 32.2. The molecule has 3 heterocycles. The molecule has 7 nitrogen and oxygen atoms in total. The van der Waals surface area contributed by atoms with Crippen LogP contribution < -0.4 is 0 Å². The van der Waals surface area contributed by atoms with E-state index in [-0.39, 0.29) is 48.2 Å². The van der Waals surface area contributed by atoms with Gasteiger partial charge in [0.25, 0.3) is 0 Å². The zero-order valence-corrected chi connectivity index (χ0v) is 22.2. The fourth-order valence-electron chi connectivity index (χ4n) is 6.45. The van der Waals surface area contributed by atoms with Gasteiger partial charge < -0.3 is 19.6 Å². The number of likely N-dealkylation sites (tertiary alicyclic amines) is 1. The quantitative estimate of drug-likeness (QED) is 0.331. The van der Waals surface area contributed by atoms with E-state index < -0.39 is 28.7 Å². The molecule has 2 amide bonds. The third-order valence-electron chi connectivity index (χ3n) is 7.73. The standard InChI is InChI=1S/C26H42N2O5S/c1-7-10-17(6)27(13-8-2)24(31)22-26-12-11-19(34-26)20(25(32)33-9-3)21(26)23(30)28(22)18(15-29)14-16(4)5/h8,16-22,29H,2,7,9-15H2,1,3-6H3/t17?,18-,19+,20-,21+,22?,26?/m1/s1. The second kappa shape index (κ2) is 11.0. The van der Waals surface area contributed by atoms with Crippen LogP contribution >= 0.6 is 11.8 Å². The van der Waals surface area contributed by atoms with E-state index in [9.17, 15) is 19.5 Å². The first kappa shape index (κ1) is 27.1. The van der Waals surface area contributed by atoms with Crippen LogP contribution in [0.25, 0.3) is 0 Å². The molecule has 3 unspecified atom stereocenters. The molecule has 0 aromatic heterocycles. The number of aliphatic hydroxyl groups is 1. The minimum absolute atomic E-state index is 0.00466. The van der Waals surface area contributed by atoms with Crippen LogP contribution in [0.2, 0.25) is 0 Å². The van der Waals surface area contributed by atoms with Crippen molar-refractivity contribution in [2.75, 3.05) is 19.8 Å². The molecule has 0 aliphatic carbocycles. The van der Waals surface area contributed by atoms with Crippen molar-refractivity contribution in [2.45, 2.75) is 94.8 Å². The Morgan fingerprint density at radius 1 is 1.35 bits per heavy atom. The average Bonchev–Trinajstić information content (AvgIpc) is 3.43. The lowest BCUT2D eigenvalue weighted by atomic mass is 9.71. The van der Waals surface area contributed by atoms with Crippen molar-refractivity contribution in [2.24, 2.45) is 17.8 Å². The van der Waals surface area contributed by atoms with Gasteiger partial charge in [-0.15, -0.1) is 18.3 Å². The van der Waals surface area contributed by atoms with Gasteiger partial charge in [-0.2, -0.15) is 0 Å². The first-order valence-electron chi connectivity index (χ1n) is 12.9. The van der Waals surface area contributed by atoms with Crippen LogP contribution in [0.3, 0.4) is 0 Å². The van der Waals surface area contributed by atoms with Crippen LogP contribution in [-0.4, -0.2) is 80.6 Å². The topological polar surface area (TPSA) is 87.2 Å². The van der Waals surface area contributed by atoms with Crippen LogP contribution in [0.15, 0.2) is 12.7 Å². The molecule has 2 bridgehead atoms. The predicted molar refractivity (Wildman–Crippen MR) is 134 cm³/mol. The number of carbonyl (C=O) groups is 3. The van der Waals surface area contributed by atoms with Gasteiger partial charge in [0.05, 0.1) is 35.8 Å². The lowest BCUT2D eigenvalue weighted by Crippen LogP contribution is -2.59.